The minimum Gasteiger partial charge on any atom is -0.482 e. The summed E-state index contributed by atoms with van der Waals surface area (Å²) in [6, 6.07) is 23.8. The summed E-state index contributed by atoms with van der Waals surface area (Å²) in [5.41, 5.74) is 3.02. The van der Waals surface area contributed by atoms with Crippen LogP contribution in [0.2, 0.25) is 0 Å². The Morgan fingerprint density at radius 3 is 2.18 bits per heavy atom. The highest BCUT2D eigenvalue weighted by Crippen LogP contribution is 2.37. The lowest BCUT2D eigenvalue weighted by Crippen LogP contribution is -2.09. The molecule has 0 spiro atoms. The van der Waals surface area contributed by atoms with Crippen LogP contribution in [0.1, 0.15) is 22.3 Å². The highest BCUT2D eigenvalue weighted by atomic mass is 32.2. The maximum absolute atomic E-state index is 13.6. The number of carboxylic acid groups (broad SMARTS) is 1. The van der Waals surface area contributed by atoms with Gasteiger partial charge >= 0.3 is 12.1 Å². The average molecular weight is 553 g/mol. The van der Waals surface area contributed by atoms with E-state index >= 15 is 0 Å². The number of benzene rings is 4. The number of aryl methyl sites for hydroxylation is 1. The molecule has 0 amide bonds. The molecule has 0 unspecified atom stereocenters. The van der Waals surface area contributed by atoms with Crippen molar-refractivity contribution in [3.63, 3.8) is 0 Å². The SMILES string of the molecule is Cc1cc(SC/C=C(/c2ccc(F)cc2)c2ccc(-c3ccccc3C(F)(F)F)cc2)ccc1OCC(=O)O. The van der Waals surface area contributed by atoms with E-state index in [1.165, 1.54) is 24.3 Å². The molecule has 0 saturated heterocycles. The normalized spacial score (nSPS) is 11.9. The number of hydrogen-bond donors (Lipinski definition) is 1. The topological polar surface area (TPSA) is 46.5 Å². The molecule has 0 bridgehead atoms. The summed E-state index contributed by atoms with van der Waals surface area (Å²) in [7, 11) is 0. The van der Waals surface area contributed by atoms with Crippen LogP contribution in [-0.2, 0) is 11.0 Å². The molecule has 3 nitrogen and oxygen atoms in total. The van der Waals surface area contributed by atoms with E-state index in [-0.39, 0.29) is 11.4 Å². The zero-order valence-corrected chi connectivity index (χ0v) is 21.7. The molecule has 0 aliphatic rings. The van der Waals surface area contributed by atoms with Gasteiger partial charge in [-0.05, 0) is 76.7 Å². The van der Waals surface area contributed by atoms with Gasteiger partial charge in [-0.1, -0.05) is 60.7 Å². The lowest BCUT2D eigenvalue weighted by Gasteiger charge is -2.14. The minimum absolute atomic E-state index is 0.102. The van der Waals surface area contributed by atoms with Crippen molar-refractivity contribution in [2.45, 2.75) is 18.0 Å². The van der Waals surface area contributed by atoms with Crippen LogP contribution < -0.4 is 4.74 Å². The van der Waals surface area contributed by atoms with Gasteiger partial charge in [0, 0.05) is 10.6 Å². The van der Waals surface area contributed by atoms with Gasteiger partial charge in [0.15, 0.2) is 6.61 Å². The van der Waals surface area contributed by atoms with Crippen molar-refractivity contribution < 1.29 is 32.2 Å². The third-order valence-corrected chi connectivity index (χ3v) is 6.85. The molecular formula is C31H24F4O3S. The number of rotatable bonds is 9. The Kier molecular flexibility index (Phi) is 8.76. The molecule has 39 heavy (non-hydrogen) atoms. The molecule has 4 aromatic carbocycles. The molecule has 0 saturated carbocycles. The van der Waals surface area contributed by atoms with E-state index in [0.717, 1.165) is 33.2 Å². The summed E-state index contributed by atoms with van der Waals surface area (Å²) in [6.45, 7) is 1.41. The third-order valence-electron chi connectivity index (χ3n) is 5.93. The van der Waals surface area contributed by atoms with Crippen LogP contribution in [-0.4, -0.2) is 23.4 Å². The monoisotopic (exact) mass is 552 g/mol. The van der Waals surface area contributed by atoms with Crippen molar-refractivity contribution in [3.05, 3.63) is 125 Å². The van der Waals surface area contributed by atoms with Gasteiger partial charge in [0.2, 0.25) is 0 Å². The maximum Gasteiger partial charge on any atom is 0.417 e. The fourth-order valence-corrected chi connectivity index (χ4v) is 4.94. The molecule has 1 N–H and O–H groups in total. The number of halogens is 4. The average Bonchev–Trinajstić information content (AvgIpc) is 2.91. The highest BCUT2D eigenvalue weighted by molar-refractivity contribution is 7.99. The van der Waals surface area contributed by atoms with Gasteiger partial charge in [0.25, 0.3) is 0 Å². The molecule has 0 atom stereocenters. The number of aliphatic carboxylic acids is 1. The Labute approximate surface area is 227 Å². The number of ether oxygens (including phenoxy) is 1. The van der Waals surface area contributed by atoms with Crippen molar-refractivity contribution in [1.82, 2.24) is 0 Å². The lowest BCUT2D eigenvalue weighted by molar-refractivity contribution is -0.139. The van der Waals surface area contributed by atoms with Gasteiger partial charge in [-0.25, -0.2) is 9.18 Å². The first kappa shape index (κ1) is 28.0. The van der Waals surface area contributed by atoms with Crippen LogP contribution in [0.15, 0.2) is 102 Å². The van der Waals surface area contributed by atoms with Crippen molar-refractivity contribution in [2.24, 2.45) is 0 Å². The number of hydrogen-bond acceptors (Lipinski definition) is 3. The maximum atomic E-state index is 13.6. The van der Waals surface area contributed by atoms with Crippen LogP contribution in [0.4, 0.5) is 17.6 Å². The largest absolute Gasteiger partial charge is 0.482 e. The second-order valence-corrected chi connectivity index (χ2v) is 9.76. The van der Waals surface area contributed by atoms with E-state index in [2.05, 4.69) is 0 Å². The van der Waals surface area contributed by atoms with Gasteiger partial charge in [0.05, 0.1) is 5.56 Å². The Bertz CT molecular complexity index is 1480. The summed E-state index contributed by atoms with van der Waals surface area (Å²) in [5, 5.41) is 8.81. The molecule has 0 radical (unpaired) electrons. The summed E-state index contributed by atoms with van der Waals surface area (Å²) >= 11 is 1.55. The molecule has 4 aromatic rings. The van der Waals surface area contributed by atoms with Crippen LogP contribution in [0.5, 0.6) is 5.75 Å². The van der Waals surface area contributed by atoms with E-state index in [1.54, 1.807) is 60.3 Å². The molecule has 8 heteroatoms. The molecular weight excluding hydrogens is 528 g/mol. The minimum atomic E-state index is -4.47. The molecule has 0 fully saturated rings. The second kappa shape index (κ2) is 12.2. The number of alkyl halides is 3. The van der Waals surface area contributed by atoms with Gasteiger partial charge in [-0.15, -0.1) is 11.8 Å². The smallest absolute Gasteiger partial charge is 0.417 e. The molecule has 0 aliphatic heterocycles. The van der Waals surface area contributed by atoms with Crippen molar-refractivity contribution in [1.29, 1.82) is 0 Å². The third kappa shape index (κ3) is 7.29. The molecule has 4 rings (SSSR count). The molecule has 0 heterocycles. The lowest BCUT2D eigenvalue weighted by atomic mass is 9.94. The van der Waals surface area contributed by atoms with E-state index in [9.17, 15) is 22.4 Å². The van der Waals surface area contributed by atoms with Gasteiger partial charge in [0.1, 0.15) is 11.6 Å². The summed E-state index contributed by atoms with van der Waals surface area (Å²) in [4.78, 5) is 11.7. The number of thioether (sulfide) groups is 1. The second-order valence-electron chi connectivity index (χ2n) is 8.67. The highest BCUT2D eigenvalue weighted by Gasteiger charge is 2.33. The van der Waals surface area contributed by atoms with Crippen LogP contribution in [0.3, 0.4) is 0 Å². The van der Waals surface area contributed by atoms with E-state index in [0.29, 0.717) is 17.1 Å². The summed E-state index contributed by atoms with van der Waals surface area (Å²) < 4.78 is 59.4. The Hall–Kier alpha value is -4.04. The number of carbonyl (C=O) groups is 1. The summed E-state index contributed by atoms with van der Waals surface area (Å²) in [5.74, 6) is -0.368. The van der Waals surface area contributed by atoms with Crippen LogP contribution in [0, 0.1) is 12.7 Å². The van der Waals surface area contributed by atoms with Crippen LogP contribution >= 0.6 is 11.8 Å². The van der Waals surface area contributed by atoms with Gasteiger partial charge in [-0.3, -0.25) is 0 Å². The van der Waals surface area contributed by atoms with E-state index in [4.69, 9.17) is 9.84 Å². The van der Waals surface area contributed by atoms with Crippen LogP contribution in [0.25, 0.3) is 16.7 Å². The quantitative estimate of drug-likeness (QED) is 0.167. The first-order valence-electron chi connectivity index (χ1n) is 11.9. The predicted octanol–water partition coefficient (Wildman–Crippen LogP) is 8.51. The zero-order valence-electron chi connectivity index (χ0n) is 20.8. The summed E-state index contributed by atoms with van der Waals surface area (Å²) in [6.07, 6.45) is -2.48. The molecule has 0 aliphatic carbocycles. The zero-order chi connectivity index (χ0) is 28.0. The standard InChI is InChI=1S/C31H24F4O3S/c1-20-18-25(14-15-29(20)38-19-30(36)37)39-17-16-26(22-10-12-24(32)13-11-22)21-6-8-23(9-7-21)27-4-2-3-5-28(27)31(33,34)35/h2-16,18H,17,19H2,1H3,(H,36,37)/b26-16+. The van der Waals surface area contributed by atoms with E-state index < -0.39 is 24.3 Å². The molecule has 200 valence electrons. The first-order chi connectivity index (χ1) is 18.6. The van der Waals surface area contributed by atoms with Crippen molar-refractivity contribution >= 4 is 23.3 Å². The fourth-order valence-electron chi connectivity index (χ4n) is 4.08. The number of carboxylic acids is 1. The predicted molar refractivity (Wildman–Crippen MR) is 145 cm³/mol. The Morgan fingerprint density at radius 1 is 0.923 bits per heavy atom. The molecule has 0 aromatic heterocycles. The van der Waals surface area contributed by atoms with Crippen molar-refractivity contribution in [3.8, 4) is 16.9 Å². The van der Waals surface area contributed by atoms with E-state index in [1.807, 2.05) is 25.1 Å². The Morgan fingerprint density at radius 2 is 1.56 bits per heavy atom. The van der Waals surface area contributed by atoms with Gasteiger partial charge < -0.3 is 9.84 Å². The van der Waals surface area contributed by atoms with Gasteiger partial charge in [-0.2, -0.15) is 13.2 Å². The fraction of sp³-hybridized carbons (Fsp3) is 0.129. The van der Waals surface area contributed by atoms with Crippen molar-refractivity contribution in [2.75, 3.05) is 12.4 Å². The first-order valence-corrected chi connectivity index (χ1v) is 12.9. The Balaban J connectivity index is 1.59.